The molecule has 0 radical (unpaired) electrons. The molecule has 0 saturated heterocycles. The molecular weight excluding hydrogens is 350 g/mol. The summed E-state index contributed by atoms with van der Waals surface area (Å²) in [6, 6.07) is 10.2. The van der Waals surface area contributed by atoms with E-state index in [-0.39, 0.29) is 11.5 Å². The molecule has 2 heterocycles. The fraction of sp³-hybridized carbons (Fsp3) is 0.263. The standard InChI is InChI=1S/C19H17N3OS2/c1-11-5-4-6-14-12(2)7-17(22-18(11)14)24-10-16(23)15(8-20)19-21-13(3)9-25-19/h4-7,9,15H,10H2,1-3H3/t15-/m0/s1. The average molecular weight is 367 g/mol. The highest BCUT2D eigenvalue weighted by Crippen LogP contribution is 2.28. The number of rotatable bonds is 5. The summed E-state index contributed by atoms with van der Waals surface area (Å²) in [6.45, 7) is 5.94. The van der Waals surface area contributed by atoms with Gasteiger partial charge in [-0.1, -0.05) is 30.0 Å². The second kappa shape index (κ2) is 7.34. The van der Waals surface area contributed by atoms with Crippen LogP contribution in [0.3, 0.4) is 0 Å². The summed E-state index contributed by atoms with van der Waals surface area (Å²) in [6.07, 6.45) is 0. The van der Waals surface area contributed by atoms with Crippen molar-refractivity contribution in [3.8, 4) is 6.07 Å². The highest BCUT2D eigenvalue weighted by atomic mass is 32.2. The van der Waals surface area contributed by atoms with Gasteiger partial charge in [-0.3, -0.25) is 4.79 Å². The molecular formula is C19H17N3OS2. The van der Waals surface area contributed by atoms with Gasteiger partial charge in [0.25, 0.3) is 0 Å². The molecule has 126 valence electrons. The van der Waals surface area contributed by atoms with Crippen molar-refractivity contribution >= 4 is 39.8 Å². The largest absolute Gasteiger partial charge is 0.297 e. The van der Waals surface area contributed by atoms with Crippen molar-refractivity contribution in [2.75, 3.05) is 5.75 Å². The molecule has 0 bridgehead atoms. The molecule has 0 aliphatic rings. The van der Waals surface area contributed by atoms with Crippen LogP contribution in [0.25, 0.3) is 10.9 Å². The molecule has 2 aromatic heterocycles. The number of aryl methyl sites for hydroxylation is 3. The molecule has 0 aliphatic heterocycles. The monoisotopic (exact) mass is 367 g/mol. The number of aromatic nitrogens is 2. The molecule has 0 spiro atoms. The van der Waals surface area contributed by atoms with Crippen LogP contribution in [0.2, 0.25) is 0 Å². The second-order valence-corrected chi connectivity index (χ2v) is 7.78. The number of carbonyl (C=O) groups excluding carboxylic acids is 1. The first-order chi connectivity index (χ1) is 12.0. The predicted octanol–water partition coefficient (Wildman–Crippen LogP) is 4.59. The maximum atomic E-state index is 12.5. The van der Waals surface area contributed by atoms with E-state index in [1.807, 2.05) is 44.4 Å². The van der Waals surface area contributed by atoms with Crippen LogP contribution < -0.4 is 0 Å². The van der Waals surface area contributed by atoms with E-state index in [4.69, 9.17) is 0 Å². The Balaban J connectivity index is 1.79. The van der Waals surface area contributed by atoms with Gasteiger partial charge in [0.05, 0.1) is 22.4 Å². The number of carbonyl (C=O) groups is 1. The number of hydrogen-bond donors (Lipinski definition) is 0. The Bertz CT molecular complexity index is 988. The van der Waals surface area contributed by atoms with Crippen LogP contribution in [-0.2, 0) is 4.79 Å². The molecule has 0 unspecified atom stereocenters. The van der Waals surface area contributed by atoms with E-state index in [0.717, 1.165) is 32.7 Å². The van der Waals surface area contributed by atoms with Crippen molar-refractivity contribution in [2.24, 2.45) is 0 Å². The first-order valence-corrected chi connectivity index (χ1v) is 9.70. The first kappa shape index (κ1) is 17.6. The minimum atomic E-state index is -0.797. The van der Waals surface area contributed by atoms with Gasteiger partial charge < -0.3 is 0 Å². The summed E-state index contributed by atoms with van der Waals surface area (Å²) >= 11 is 2.74. The van der Waals surface area contributed by atoms with E-state index in [1.165, 1.54) is 23.1 Å². The zero-order chi connectivity index (χ0) is 18.0. The van der Waals surface area contributed by atoms with Gasteiger partial charge in [-0.2, -0.15) is 5.26 Å². The van der Waals surface area contributed by atoms with Crippen molar-refractivity contribution in [3.05, 3.63) is 51.5 Å². The summed E-state index contributed by atoms with van der Waals surface area (Å²) in [7, 11) is 0. The lowest BCUT2D eigenvalue weighted by Crippen LogP contribution is -2.13. The van der Waals surface area contributed by atoms with Crippen LogP contribution in [0.4, 0.5) is 0 Å². The first-order valence-electron chi connectivity index (χ1n) is 7.83. The van der Waals surface area contributed by atoms with Crippen molar-refractivity contribution < 1.29 is 4.79 Å². The summed E-state index contributed by atoms with van der Waals surface area (Å²) in [5.41, 5.74) is 4.05. The van der Waals surface area contributed by atoms with E-state index in [0.29, 0.717) is 5.01 Å². The lowest BCUT2D eigenvalue weighted by Gasteiger charge is -2.09. The van der Waals surface area contributed by atoms with E-state index < -0.39 is 5.92 Å². The molecule has 3 aromatic rings. The fourth-order valence-electron chi connectivity index (χ4n) is 2.60. The number of benzene rings is 1. The van der Waals surface area contributed by atoms with E-state index in [1.54, 1.807) is 0 Å². The Morgan fingerprint density at radius 3 is 2.76 bits per heavy atom. The van der Waals surface area contributed by atoms with E-state index in [9.17, 15) is 10.1 Å². The lowest BCUT2D eigenvalue weighted by atomic mass is 10.1. The molecule has 1 atom stereocenters. The van der Waals surface area contributed by atoms with Crippen LogP contribution in [0.15, 0.2) is 34.7 Å². The van der Waals surface area contributed by atoms with E-state index >= 15 is 0 Å². The summed E-state index contributed by atoms with van der Waals surface area (Å²) in [4.78, 5) is 21.4. The van der Waals surface area contributed by atoms with Crippen molar-refractivity contribution in [3.63, 3.8) is 0 Å². The maximum absolute atomic E-state index is 12.5. The number of hydrogen-bond acceptors (Lipinski definition) is 6. The van der Waals surface area contributed by atoms with Crippen molar-refractivity contribution in [1.29, 1.82) is 5.26 Å². The zero-order valence-electron chi connectivity index (χ0n) is 14.2. The molecule has 0 saturated carbocycles. The van der Waals surface area contributed by atoms with Gasteiger partial charge >= 0.3 is 0 Å². The molecule has 3 rings (SSSR count). The number of Topliss-reactive ketones (excluding diaryl/α,β-unsaturated/α-hetero) is 1. The Hall–Kier alpha value is -2.23. The Labute approximate surface area is 154 Å². The van der Waals surface area contributed by atoms with Crippen LogP contribution >= 0.6 is 23.1 Å². The molecule has 0 N–H and O–H groups in total. The Morgan fingerprint density at radius 1 is 1.28 bits per heavy atom. The van der Waals surface area contributed by atoms with Gasteiger partial charge in [0, 0.05) is 16.5 Å². The third-order valence-electron chi connectivity index (χ3n) is 3.92. The summed E-state index contributed by atoms with van der Waals surface area (Å²) < 4.78 is 0. The number of nitrogens with zero attached hydrogens (tertiary/aromatic N) is 3. The average Bonchev–Trinajstić information content (AvgIpc) is 3.01. The van der Waals surface area contributed by atoms with Crippen molar-refractivity contribution in [2.45, 2.75) is 31.7 Å². The van der Waals surface area contributed by atoms with Crippen LogP contribution in [0.5, 0.6) is 0 Å². The van der Waals surface area contributed by atoms with Gasteiger partial charge in [0.2, 0.25) is 0 Å². The number of thioether (sulfide) groups is 1. The van der Waals surface area contributed by atoms with E-state index in [2.05, 4.69) is 22.1 Å². The molecule has 0 amide bonds. The minimum absolute atomic E-state index is 0.133. The minimum Gasteiger partial charge on any atom is -0.297 e. The van der Waals surface area contributed by atoms with Crippen LogP contribution in [0, 0.1) is 32.1 Å². The highest BCUT2D eigenvalue weighted by Gasteiger charge is 2.23. The summed E-state index contributed by atoms with van der Waals surface area (Å²) in [5, 5.41) is 13.7. The number of pyridine rings is 1. The fourth-order valence-corrected chi connectivity index (χ4v) is 4.34. The second-order valence-electron chi connectivity index (χ2n) is 5.89. The number of fused-ring (bicyclic) bond motifs is 1. The Morgan fingerprint density at radius 2 is 2.08 bits per heavy atom. The van der Waals surface area contributed by atoms with Gasteiger partial charge in [0.15, 0.2) is 11.7 Å². The van der Waals surface area contributed by atoms with Crippen LogP contribution in [0.1, 0.15) is 27.7 Å². The zero-order valence-corrected chi connectivity index (χ0v) is 15.9. The van der Waals surface area contributed by atoms with Gasteiger partial charge in [0.1, 0.15) is 5.01 Å². The SMILES string of the molecule is Cc1csc([C@@H](C#N)C(=O)CSc2cc(C)c3cccc(C)c3n2)n1. The van der Waals surface area contributed by atoms with Crippen LogP contribution in [-0.4, -0.2) is 21.5 Å². The molecule has 25 heavy (non-hydrogen) atoms. The third-order valence-corrected chi connectivity index (χ3v) is 5.88. The van der Waals surface area contributed by atoms with Gasteiger partial charge in [-0.15, -0.1) is 11.3 Å². The quantitative estimate of drug-likeness (QED) is 0.617. The maximum Gasteiger partial charge on any atom is 0.167 e. The van der Waals surface area contributed by atoms with Gasteiger partial charge in [-0.05, 0) is 38.0 Å². The smallest absolute Gasteiger partial charge is 0.167 e. The number of nitriles is 1. The van der Waals surface area contributed by atoms with Crippen molar-refractivity contribution in [1.82, 2.24) is 9.97 Å². The highest BCUT2D eigenvalue weighted by molar-refractivity contribution is 7.99. The third kappa shape index (κ3) is 3.73. The number of ketones is 1. The topological polar surface area (TPSA) is 66.6 Å². The molecule has 6 heteroatoms. The summed E-state index contributed by atoms with van der Waals surface area (Å²) in [5.74, 6) is -0.721. The lowest BCUT2D eigenvalue weighted by molar-refractivity contribution is -0.116. The number of para-hydroxylation sites is 1. The Kier molecular flexibility index (Phi) is 5.16. The molecule has 0 aliphatic carbocycles. The normalized spacial score (nSPS) is 12.1. The number of thiazole rings is 1. The molecule has 4 nitrogen and oxygen atoms in total. The molecule has 0 fully saturated rings. The van der Waals surface area contributed by atoms with Gasteiger partial charge in [-0.25, -0.2) is 9.97 Å². The predicted molar refractivity (Wildman–Crippen MR) is 102 cm³/mol. The molecule has 1 aromatic carbocycles.